The highest BCUT2D eigenvalue weighted by Crippen LogP contribution is 2.42. The number of halogens is 4. The number of aliphatic hydroxyl groups is 1. The number of terminal acetylenes is 1. The first-order chi connectivity index (χ1) is 21.1. The predicted molar refractivity (Wildman–Crippen MR) is 164 cm³/mol. The Morgan fingerprint density at radius 1 is 1.11 bits per heavy atom. The summed E-state index contributed by atoms with van der Waals surface area (Å²) in [7, 11) is 0. The second-order valence-corrected chi connectivity index (χ2v) is 12.8. The molecule has 3 fully saturated rings. The fourth-order valence-electron chi connectivity index (χ4n) is 7.31. The molecule has 1 N–H and O–H groups in total. The lowest BCUT2D eigenvalue weighted by Crippen LogP contribution is -2.46. The highest BCUT2D eigenvalue weighted by Gasteiger charge is 2.49. The maximum Gasteiger partial charge on any atom is 0.319 e. The summed E-state index contributed by atoms with van der Waals surface area (Å²) in [5, 5.41) is 11.9. The number of piperidine rings is 1. The lowest BCUT2D eigenvalue weighted by molar-refractivity contribution is 0.0447. The molecule has 7 rings (SSSR count). The Morgan fingerprint density at radius 2 is 1.93 bits per heavy atom. The van der Waals surface area contributed by atoms with Gasteiger partial charge < -0.3 is 14.7 Å². The summed E-state index contributed by atoms with van der Waals surface area (Å²) in [5.74, 6) is 1.27. The number of anilines is 1. The first-order valence-corrected chi connectivity index (χ1v) is 15.2. The number of pyridine rings is 1. The van der Waals surface area contributed by atoms with Crippen molar-refractivity contribution < 1.29 is 23.0 Å². The van der Waals surface area contributed by atoms with Gasteiger partial charge in [-0.05, 0) is 50.6 Å². The number of ether oxygens (including phenoxy) is 1. The number of nitrogens with zero attached hydrogens (tertiary/aromatic N) is 5. The molecule has 3 saturated heterocycles. The van der Waals surface area contributed by atoms with Crippen LogP contribution in [0.15, 0.2) is 30.3 Å². The summed E-state index contributed by atoms with van der Waals surface area (Å²) in [5.41, 5.74) is -1.49. The van der Waals surface area contributed by atoms with E-state index in [-0.39, 0.29) is 57.9 Å². The number of alkyl halides is 1. The molecule has 3 atom stereocenters. The lowest BCUT2D eigenvalue weighted by atomic mass is 9.94. The summed E-state index contributed by atoms with van der Waals surface area (Å²) in [4.78, 5) is 17.6. The molecule has 11 heteroatoms. The van der Waals surface area contributed by atoms with Crippen LogP contribution >= 0.6 is 11.6 Å². The zero-order chi connectivity index (χ0) is 30.8. The molecular weight excluding hydrogens is 591 g/mol. The molecular formula is C33H31ClF3N5O2. The van der Waals surface area contributed by atoms with E-state index in [4.69, 9.17) is 22.8 Å². The van der Waals surface area contributed by atoms with Crippen molar-refractivity contribution in [1.29, 1.82) is 0 Å². The Bertz CT molecular complexity index is 1850. The molecule has 0 bridgehead atoms. The minimum Gasteiger partial charge on any atom is -0.461 e. The monoisotopic (exact) mass is 621 g/mol. The smallest absolute Gasteiger partial charge is 0.319 e. The maximum absolute atomic E-state index is 16.7. The SMILES string of the molecule is C#Cc1c(F)ccc2cccc(-c3nc(Cl)c4c(N5CCC[C@@](C)(O)C5)nc(OC[C@@]56CCCN5C[C@H](F)C6)nc4c3F)c12. The molecule has 5 heterocycles. The third-order valence-electron chi connectivity index (χ3n) is 9.30. The number of rotatable bonds is 5. The van der Waals surface area contributed by atoms with Crippen LogP contribution in [0.25, 0.3) is 32.9 Å². The Balaban J connectivity index is 1.40. The van der Waals surface area contributed by atoms with Gasteiger partial charge in [0.05, 0.1) is 22.1 Å². The average molecular weight is 622 g/mol. The van der Waals surface area contributed by atoms with E-state index < -0.39 is 28.9 Å². The number of aromatic nitrogens is 3. The highest BCUT2D eigenvalue weighted by atomic mass is 35.5. The van der Waals surface area contributed by atoms with Crippen molar-refractivity contribution in [1.82, 2.24) is 19.9 Å². The summed E-state index contributed by atoms with van der Waals surface area (Å²) in [6.07, 6.45) is 8.08. The normalized spacial score (nSPS) is 25.5. The van der Waals surface area contributed by atoms with Crippen LogP contribution in [0.1, 0.15) is 44.6 Å². The third-order valence-corrected chi connectivity index (χ3v) is 9.57. The molecule has 2 aromatic heterocycles. The standard InChI is InChI=1S/C33H31ClF3N5O2/c1-3-21-23(36)10-9-19-7-4-8-22(24(19)21)27-26(37)28-25(29(34)38-27)30(41-13-5-11-32(2,43)17-41)40-31(39-28)44-18-33-12-6-14-42(33)16-20(35)15-33/h1,4,7-10,20,43H,5-6,11-18H2,2H3/t20-,32-,33+/m1/s1. The molecule has 0 aliphatic carbocycles. The topological polar surface area (TPSA) is 74.6 Å². The lowest BCUT2D eigenvalue weighted by Gasteiger charge is -2.38. The van der Waals surface area contributed by atoms with E-state index in [1.807, 2.05) is 4.90 Å². The molecule has 3 aliphatic heterocycles. The van der Waals surface area contributed by atoms with Gasteiger partial charge in [0.25, 0.3) is 0 Å². The molecule has 0 amide bonds. The minimum atomic E-state index is -1.00. The second kappa shape index (κ2) is 10.8. The van der Waals surface area contributed by atoms with Crippen molar-refractivity contribution in [2.45, 2.75) is 56.3 Å². The van der Waals surface area contributed by atoms with Crippen molar-refractivity contribution in [3.05, 3.63) is 52.7 Å². The molecule has 2 aromatic carbocycles. The number of hydrogen-bond acceptors (Lipinski definition) is 7. The quantitative estimate of drug-likeness (QED) is 0.214. The molecule has 3 aliphatic rings. The van der Waals surface area contributed by atoms with Crippen LogP contribution in [0.4, 0.5) is 19.0 Å². The fraction of sp³-hybridized carbons (Fsp3) is 0.424. The fourth-order valence-corrected chi connectivity index (χ4v) is 7.56. The molecule has 7 nitrogen and oxygen atoms in total. The van der Waals surface area contributed by atoms with E-state index >= 15 is 4.39 Å². The molecule has 4 aromatic rings. The van der Waals surface area contributed by atoms with E-state index in [1.165, 1.54) is 6.07 Å². The maximum atomic E-state index is 16.7. The number of benzene rings is 2. The molecule has 0 spiro atoms. The molecule has 44 heavy (non-hydrogen) atoms. The second-order valence-electron chi connectivity index (χ2n) is 12.5. The number of fused-ring (bicyclic) bond motifs is 3. The summed E-state index contributed by atoms with van der Waals surface area (Å²) < 4.78 is 52.1. The van der Waals surface area contributed by atoms with Gasteiger partial charge in [0.2, 0.25) is 0 Å². The Morgan fingerprint density at radius 3 is 2.73 bits per heavy atom. The first-order valence-electron chi connectivity index (χ1n) is 14.8. The van der Waals surface area contributed by atoms with Crippen LogP contribution in [-0.2, 0) is 0 Å². The van der Waals surface area contributed by atoms with E-state index in [2.05, 4.69) is 25.8 Å². The van der Waals surface area contributed by atoms with Gasteiger partial charge in [-0.2, -0.15) is 9.97 Å². The van der Waals surface area contributed by atoms with Gasteiger partial charge in [-0.3, -0.25) is 4.90 Å². The number of β-amino-alcohol motifs (C(OH)–C–C–N with tert-alkyl or cyclic N) is 1. The predicted octanol–water partition coefficient (Wildman–Crippen LogP) is 6.06. The Labute approximate surface area is 258 Å². The van der Waals surface area contributed by atoms with Crippen molar-refractivity contribution >= 4 is 39.1 Å². The van der Waals surface area contributed by atoms with Crippen molar-refractivity contribution in [3.63, 3.8) is 0 Å². The van der Waals surface area contributed by atoms with Crippen LogP contribution in [0.2, 0.25) is 5.15 Å². The van der Waals surface area contributed by atoms with Crippen molar-refractivity contribution in [2.24, 2.45) is 0 Å². The van der Waals surface area contributed by atoms with Crippen LogP contribution in [0.3, 0.4) is 0 Å². The van der Waals surface area contributed by atoms with Gasteiger partial charge >= 0.3 is 6.01 Å². The average Bonchev–Trinajstić information content (AvgIpc) is 3.52. The van der Waals surface area contributed by atoms with Gasteiger partial charge in [-0.1, -0.05) is 41.8 Å². The first kappa shape index (κ1) is 29.1. The largest absolute Gasteiger partial charge is 0.461 e. The molecule has 0 unspecified atom stereocenters. The highest BCUT2D eigenvalue weighted by molar-refractivity contribution is 6.35. The summed E-state index contributed by atoms with van der Waals surface area (Å²) in [6.45, 7) is 3.81. The van der Waals surface area contributed by atoms with E-state index in [1.54, 1.807) is 31.2 Å². The van der Waals surface area contributed by atoms with E-state index in [9.17, 15) is 13.9 Å². The Kier molecular flexibility index (Phi) is 7.11. The van der Waals surface area contributed by atoms with Crippen molar-refractivity contribution in [2.75, 3.05) is 37.7 Å². The van der Waals surface area contributed by atoms with E-state index in [0.29, 0.717) is 43.1 Å². The van der Waals surface area contributed by atoms with Crippen LogP contribution in [-0.4, -0.2) is 75.1 Å². The van der Waals surface area contributed by atoms with Crippen LogP contribution < -0.4 is 9.64 Å². The minimum absolute atomic E-state index is 0.0124. The van der Waals surface area contributed by atoms with Gasteiger partial charge in [-0.25, -0.2) is 18.2 Å². The van der Waals surface area contributed by atoms with Crippen LogP contribution in [0.5, 0.6) is 6.01 Å². The van der Waals surface area contributed by atoms with Gasteiger partial charge in [0.1, 0.15) is 40.8 Å². The van der Waals surface area contributed by atoms with Crippen molar-refractivity contribution in [3.8, 4) is 29.6 Å². The van der Waals surface area contributed by atoms with Crippen LogP contribution in [0, 0.1) is 24.0 Å². The van der Waals surface area contributed by atoms with Gasteiger partial charge in [0.15, 0.2) is 5.82 Å². The van der Waals surface area contributed by atoms with Gasteiger partial charge in [0, 0.05) is 37.0 Å². The summed E-state index contributed by atoms with van der Waals surface area (Å²) in [6, 6.07) is 7.83. The Hall–Kier alpha value is -3.65. The summed E-state index contributed by atoms with van der Waals surface area (Å²) >= 11 is 6.81. The third kappa shape index (κ3) is 4.82. The van der Waals surface area contributed by atoms with E-state index in [0.717, 1.165) is 19.4 Å². The number of hydrogen-bond donors (Lipinski definition) is 1. The molecule has 228 valence electrons. The molecule has 0 saturated carbocycles. The van der Waals surface area contributed by atoms with Gasteiger partial charge in [-0.15, -0.1) is 6.42 Å². The zero-order valence-corrected chi connectivity index (χ0v) is 25.0. The molecule has 0 radical (unpaired) electrons. The zero-order valence-electron chi connectivity index (χ0n) is 24.2.